The van der Waals surface area contributed by atoms with Crippen molar-refractivity contribution < 1.29 is 22.4 Å². The van der Waals surface area contributed by atoms with Crippen LogP contribution in [0.25, 0.3) is 0 Å². The van der Waals surface area contributed by atoms with Crippen molar-refractivity contribution in [1.82, 2.24) is 0 Å². The van der Waals surface area contributed by atoms with Gasteiger partial charge in [0.25, 0.3) is 5.24 Å². The van der Waals surface area contributed by atoms with Crippen LogP contribution in [0.3, 0.4) is 0 Å². The Hall–Kier alpha value is -0.840. The standard InChI is InChI=1S/C7H3ClF4O/c8-6(13)7(12)2-4(10)3(9)1-5(7)11/h1-2,5H. The molecule has 0 saturated carbocycles. The van der Waals surface area contributed by atoms with E-state index in [1.807, 2.05) is 0 Å². The highest BCUT2D eigenvalue weighted by molar-refractivity contribution is 6.65. The minimum absolute atomic E-state index is 0.0234. The van der Waals surface area contributed by atoms with Crippen LogP contribution in [0, 0.1) is 0 Å². The molecular formula is C7H3ClF4O. The molecule has 13 heavy (non-hydrogen) atoms. The van der Waals surface area contributed by atoms with E-state index in [4.69, 9.17) is 0 Å². The van der Waals surface area contributed by atoms with Crippen molar-refractivity contribution in [3.63, 3.8) is 0 Å². The van der Waals surface area contributed by atoms with Gasteiger partial charge in [-0.3, -0.25) is 4.79 Å². The Morgan fingerprint density at radius 3 is 2.46 bits per heavy atom. The lowest BCUT2D eigenvalue weighted by Gasteiger charge is -2.22. The molecule has 0 aliphatic heterocycles. The molecule has 0 spiro atoms. The third-order valence-electron chi connectivity index (χ3n) is 1.56. The maximum absolute atomic E-state index is 13.1. The van der Waals surface area contributed by atoms with E-state index in [1.54, 1.807) is 0 Å². The molecule has 0 fully saturated rings. The van der Waals surface area contributed by atoms with Gasteiger partial charge in [-0.05, 0) is 17.7 Å². The Balaban J connectivity index is 3.12. The molecule has 0 radical (unpaired) electrons. The van der Waals surface area contributed by atoms with Gasteiger partial charge in [0.15, 0.2) is 17.8 Å². The fraction of sp³-hybridized carbons (Fsp3) is 0.286. The topological polar surface area (TPSA) is 17.1 Å². The number of alkyl halides is 2. The van der Waals surface area contributed by atoms with E-state index in [-0.39, 0.29) is 12.2 Å². The summed E-state index contributed by atoms with van der Waals surface area (Å²) in [7, 11) is 0. The van der Waals surface area contributed by atoms with Crippen LogP contribution in [0.5, 0.6) is 0 Å². The molecule has 72 valence electrons. The van der Waals surface area contributed by atoms with Crippen LogP contribution in [0.4, 0.5) is 17.6 Å². The zero-order valence-corrected chi connectivity index (χ0v) is 6.79. The van der Waals surface area contributed by atoms with Crippen LogP contribution in [0.2, 0.25) is 0 Å². The fourth-order valence-electron chi connectivity index (χ4n) is 0.827. The number of rotatable bonds is 1. The van der Waals surface area contributed by atoms with Crippen LogP contribution in [-0.2, 0) is 4.79 Å². The van der Waals surface area contributed by atoms with Gasteiger partial charge in [0.05, 0.1) is 0 Å². The van der Waals surface area contributed by atoms with E-state index >= 15 is 0 Å². The number of hydrogen-bond acceptors (Lipinski definition) is 1. The van der Waals surface area contributed by atoms with Crippen molar-refractivity contribution in [1.29, 1.82) is 0 Å². The summed E-state index contributed by atoms with van der Waals surface area (Å²) in [5.74, 6) is -3.18. The number of hydrogen-bond donors (Lipinski definition) is 0. The Kier molecular flexibility index (Phi) is 2.47. The predicted molar refractivity (Wildman–Crippen MR) is 38.0 cm³/mol. The van der Waals surface area contributed by atoms with E-state index in [0.29, 0.717) is 0 Å². The predicted octanol–water partition coefficient (Wildman–Crippen LogP) is 2.52. The molecule has 1 aliphatic rings. The summed E-state index contributed by atoms with van der Waals surface area (Å²) >= 11 is 4.69. The molecule has 0 saturated heterocycles. The lowest BCUT2D eigenvalue weighted by molar-refractivity contribution is -0.122. The first-order chi connectivity index (χ1) is 5.88. The second kappa shape index (κ2) is 3.14. The molecule has 0 aromatic carbocycles. The zero-order chi connectivity index (χ0) is 10.2. The van der Waals surface area contributed by atoms with E-state index < -0.39 is 28.7 Å². The van der Waals surface area contributed by atoms with E-state index in [1.165, 1.54) is 0 Å². The zero-order valence-electron chi connectivity index (χ0n) is 6.03. The molecule has 1 rings (SSSR count). The van der Waals surface area contributed by atoms with Crippen molar-refractivity contribution >= 4 is 16.8 Å². The van der Waals surface area contributed by atoms with Gasteiger partial charge in [0, 0.05) is 6.08 Å². The molecule has 0 amide bonds. The molecular weight excluding hydrogens is 212 g/mol. The first-order valence-corrected chi connectivity index (χ1v) is 3.54. The molecule has 0 aromatic heterocycles. The van der Waals surface area contributed by atoms with Crippen LogP contribution in [0.15, 0.2) is 23.8 Å². The second-order valence-corrected chi connectivity index (χ2v) is 2.79. The van der Waals surface area contributed by atoms with Gasteiger partial charge in [-0.2, -0.15) is 0 Å². The Morgan fingerprint density at radius 2 is 2.00 bits per heavy atom. The highest BCUT2D eigenvalue weighted by Gasteiger charge is 2.47. The molecule has 1 aliphatic carbocycles. The summed E-state index contributed by atoms with van der Waals surface area (Å²) in [6, 6.07) is 0. The van der Waals surface area contributed by atoms with E-state index in [0.717, 1.165) is 0 Å². The summed E-state index contributed by atoms with van der Waals surface area (Å²) in [6.07, 6.45) is -2.69. The highest BCUT2D eigenvalue weighted by atomic mass is 35.5. The van der Waals surface area contributed by atoms with E-state index in [9.17, 15) is 22.4 Å². The third kappa shape index (κ3) is 1.60. The Bertz CT molecular complexity index is 312. The number of halogens is 5. The summed E-state index contributed by atoms with van der Waals surface area (Å²) in [5, 5.41) is -1.72. The van der Waals surface area contributed by atoms with Crippen molar-refractivity contribution in [3.05, 3.63) is 23.8 Å². The van der Waals surface area contributed by atoms with Gasteiger partial charge in [-0.25, -0.2) is 17.6 Å². The molecule has 2 unspecified atom stereocenters. The smallest absolute Gasteiger partial charge is 0.266 e. The summed E-state index contributed by atoms with van der Waals surface area (Å²) in [4.78, 5) is 10.4. The minimum Gasteiger partial charge on any atom is -0.277 e. The second-order valence-electron chi connectivity index (χ2n) is 2.45. The average Bonchev–Trinajstić information content (AvgIpc) is 2.01. The largest absolute Gasteiger partial charge is 0.277 e. The van der Waals surface area contributed by atoms with Crippen LogP contribution in [0.1, 0.15) is 0 Å². The molecule has 6 heteroatoms. The lowest BCUT2D eigenvalue weighted by Crippen LogP contribution is -2.39. The van der Waals surface area contributed by atoms with Gasteiger partial charge in [-0.15, -0.1) is 0 Å². The molecule has 1 nitrogen and oxygen atoms in total. The van der Waals surface area contributed by atoms with Crippen molar-refractivity contribution in [2.24, 2.45) is 0 Å². The summed E-state index contributed by atoms with van der Waals surface area (Å²) < 4.78 is 50.5. The van der Waals surface area contributed by atoms with Crippen molar-refractivity contribution in [3.8, 4) is 0 Å². The van der Waals surface area contributed by atoms with Gasteiger partial charge >= 0.3 is 0 Å². The minimum atomic E-state index is -3.30. The summed E-state index contributed by atoms with van der Waals surface area (Å²) in [5.41, 5.74) is -3.30. The molecule has 0 aromatic rings. The maximum Gasteiger partial charge on any atom is 0.266 e. The van der Waals surface area contributed by atoms with Gasteiger partial charge < -0.3 is 0 Å². The number of allylic oxidation sites excluding steroid dienone is 4. The SMILES string of the molecule is O=C(Cl)C1(F)C=C(F)C(F)=CC1F. The quantitative estimate of drug-likeness (QED) is 0.484. The van der Waals surface area contributed by atoms with Crippen LogP contribution in [-0.4, -0.2) is 17.1 Å². The molecule has 0 bridgehead atoms. The Labute approximate surface area is 75.7 Å². The molecule has 0 N–H and O–H groups in total. The van der Waals surface area contributed by atoms with Gasteiger partial charge in [0.2, 0.25) is 5.67 Å². The van der Waals surface area contributed by atoms with Crippen molar-refractivity contribution in [2.75, 3.05) is 0 Å². The van der Waals surface area contributed by atoms with Gasteiger partial charge in [-0.1, -0.05) is 0 Å². The number of carbonyl (C=O) groups is 1. The Morgan fingerprint density at radius 1 is 1.46 bits per heavy atom. The van der Waals surface area contributed by atoms with Crippen LogP contribution < -0.4 is 0 Å². The first kappa shape index (κ1) is 10.2. The third-order valence-corrected chi connectivity index (χ3v) is 1.85. The van der Waals surface area contributed by atoms with E-state index in [2.05, 4.69) is 11.6 Å². The maximum atomic E-state index is 13.1. The average molecular weight is 215 g/mol. The monoisotopic (exact) mass is 214 g/mol. The fourth-order valence-corrected chi connectivity index (χ4v) is 0.986. The molecule has 0 heterocycles. The number of carbonyl (C=O) groups excluding carboxylic acids is 1. The summed E-state index contributed by atoms with van der Waals surface area (Å²) in [6.45, 7) is 0. The van der Waals surface area contributed by atoms with Gasteiger partial charge in [0.1, 0.15) is 0 Å². The van der Waals surface area contributed by atoms with Crippen molar-refractivity contribution in [2.45, 2.75) is 11.8 Å². The van der Waals surface area contributed by atoms with Crippen LogP contribution >= 0.6 is 11.6 Å². The highest BCUT2D eigenvalue weighted by Crippen LogP contribution is 2.34. The first-order valence-electron chi connectivity index (χ1n) is 3.17. The lowest BCUT2D eigenvalue weighted by atomic mass is 9.96. The molecule has 2 atom stereocenters. The normalized spacial score (nSPS) is 33.8.